The summed E-state index contributed by atoms with van der Waals surface area (Å²) in [7, 11) is 0. The normalized spacial score (nSPS) is 19.2. The molecule has 0 spiro atoms. The number of hydrogen-bond acceptors (Lipinski definition) is 8. The van der Waals surface area contributed by atoms with Gasteiger partial charge < -0.3 is 36.4 Å². The Morgan fingerprint density at radius 1 is 1.29 bits per heavy atom. The Labute approximate surface area is 122 Å². The first-order chi connectivity index (χ1) is 10.1. The van der Waals surface area contributed by atoms with Gasteiger partial charge in [0.25, 0.3) is 0 Å². The van der Waals surface area contributed by atoms with Crippen molar-refractivity contribution >= 4 is 17.3 Å². The Hall–Kier alpha value is -2.03. The predicted octanol–water partition coefficient (Wildman–Crippen LogP) is 0.917. The topological polar surface area (TPSA) is 112 Å². The SMILES string of the molecule is NC1=NN([O-])c2ccc(OCC3CCNCC3)cc2N1[O-]. The second-order valence-electron chi connectivity index (χ2n) is 5.18. The lowest BCUT2D eigenvalue weighted by molar-refractivity contribution is 0.215. The molecular weight excluding hydrogens is 274 g/mol. The van der Waals surface area contributed by atoms with Gasteiger partial charge in [0.15, 0.2) is 0 Å². The van der Waals surface area contributed by atoms with Gasteiger partial charge in [-0.3, -0.25) is 0 Å². The van der Waals surface area contributed by atoms with Gasteiger partial charge in [-0.25, -0.2) is 0 Å². The maximum atomic E-state index is 11.9. The lowest BCUT2D eigenvalue weighted by atomic mass is 9.99. The summed E-state index contributed by atoms with van der Waals surface area (Å²) >= 11 is 0. The van der Waals surface area contributed by atoms with Crippen LogP contribution in [0.2, 0.25) is 0 Å². The molecule has 0 aromatic heterocycles. The van der Waals surface area contributed by atoms with Crippen LogP contribution in [-0.2, 0) is 0 Å². The molecule has 2 aliphatic heterocycles. The highest BCUT2D eigenvalue weighted by Crippen LogP contribution is 2.35. The van der Waals surface area contributed by atoms with Crippen LogP contribution >= 0.6 is 0 Å². The van der Waals surface area contributed by atoms with Crippen molar-refractivity contribution in [3.05, 3.63) is 28.6 Å². The fourth-order valence-electron chi connectivity index (χ4n) is 2.49. The highest BCUT2D eigenvalue weighted by Gasteiger charge is 2.17. The molecule has 1 saturated heterocycles. The molecule has 2 heterocycles. The third-order valence-electron chi connectivity index (χ3n) is 3.72. The van der Waals surface area contributed by atoms with Crippen LogP contribution in [0.25, 0.3) is 0 Å². The summed E-state index contributed by atoms with van der Waals surface area (Å²) in [5.74, 6) is 0.678. The van der Waals surface area contributed by atoms with Crippen LogP contribution in [0.4, 0.5) is 11.4 Å². The quantitative estimate of drug-likeness (QED) is 0.851. The first kappa shape index (κ1) is 13.9. The van der Waals surface area contributed by atoms with E-state index in [0.29, 0.717) is 28.5 Å². The average molecular weight is 291 g/mol. The van der Waals surface area contributed by atoms with E-state index >= 15 is 0 Å². The van der Waals surface area contributed by atoms with Gasteiger partial charge in [-0.15, -0.1) is 5.10 Å². The summed E-state index contributed by atoms with van der Waals surface area (Å²) in [4.78, 5) is 0. The molecule has 0 bridgehead atoms. The van der Waals surface area contributed by atoms with E-state index in [9.17, 15) is 10.4 Å². The third kappa shape index (κ3) is 2.87. The molecule has 0 aliphatic carbocycles. The van der Waals surface area contributed by atoms with Gasteiger partial charge in [-0.2, -0.15) is 0 Å². The molecule has 1 aromatic carbocycles. The molecule has 0 unspecified atom stereocenters. The maximum absolute atomic E-state index is 11.9. The van der Waals surface area contributed by atoms with E-state index in [2.05, 4.69) is 10.4 Å². The number of hydroxylamine groups is 1. The van der Waals surface area contributed by atoms with Crippen molar-refractivity contribution in [1.82, 2.24) is 5.32 Å². The molecule has 1 fully saturated rings. The van der Waals surface area contributed by atoms with E-state index in [-0.39, 0.29) is 17.3 Å². The fourth-order valence-corrected chi connectivity index (χ4v) is 2.49. The largest absolute Gasteiger partial charge is 0.752 e. The summed E-state index contributed by atoms with van der Waals surface area (Å²) in [5.41, 5.74) is 5.71. The fraction of sp³-hybridized carbons (Fsp3) is 0.462. The highest BCUT2D eigenvalue weighted by atomic mass is 16.5. The summed E-state index contributed by atoms with van der Waals surface area (Å²) in [6.45, 7) is 2.61. The first-order valence-corrected chi connectivity index (χ1v) is 6.91. The molecule has 0 amide bonds. The Morgan fingerprint density at radius 3 is 2.81 bits per heavy atom. The van der Waals surface area contributed by atoms with Crippen LogP contribution in [0, 0.1) is 16.3 Å². The summed E-state index contributed by atoms with van der Waals surface area (Å²) in [6.07, 6.45) is 2.15. The molecule has 3 N–H and O–H groups in total. The number of nitrogens with one attached hydrogen (secondary N) is 1. The molecule has 21 heavy (non-hydrogen) atoms. The van der Waals surface area contributed by atoms with Crippen molar-refractivity contribution < 1.29 is 4.74 Å². The van der Waals surface area contributed by atoms with Gasteiger partial charge in [-0.1, -0.05) is 0 Å². The van der Waals surface area contributed by atoms with Crippen LogP contribution in [-0.4, -0.2) is 25.7 Å². The molecule has 2 aliphatic rings. The minimum Gasteiger partial charge on any atom is -0.752 e. The van der Waals surface area contributed by atoms with Crippen molar-refractivity contribution in [2.24, 2.45) is 16.8 Å². The average Bonchev–Trinajstić information content (AvgIpc) is 2.51. The second-order valence-corrected chi connectivity index (χ2v) is 5.18. The van der Waals surface area contributed by atoms with Crippen LogP contribution in [0.1, 0.15) is 12.8 Å². The molecule has 1 aromatic rings. The Kier molecular flexibility index (Phi) is 3.82. The smallest absolute Gasteiger partial charge is 0.207 e. The minimum atomic E-state index is -0.381. The highest BCUT2D eigenvalue weighted by molar-refractivity contribution is 6.02. The minimum absolute atomic E-state index is 0.153. The van der Waals surface area contributed by atoms with Crippen molar-refractivity contribution in [2.45, 2.75) is 12.8 Å². The number of fused-ring (bicyclic) bond motifs is 1. The molecule has 114 valence electrons. The number of rotatable bonds is 3. The molecular formula is C13H17N5O3-2. The van der Waals surface area contributed by atoms with E-state index in [1.54, 1.807) is 6.07 Å². The van der Waals surface area contributed by atoms with Crippen molar-refractivity contribution in [3.8, 4) is 5.75 Å². The van der Waals surface area contributed by atoms with E-state index in [0.717, 1.165) is 25.9 Å². The van der Waals surface area contributed by atoms with Gasteiger partial charge in [0.1, 0.15) is 5.75 Å². The Morgan fingerprint density at radius 2 is 2.05 bits per heavy atom. The monoisotopic (exact) mass is 291 g/mol. The maximum Gasteiger partial charge on any atom is 0.207 e. The van der Waals surface area contributed by atoms with Crippen LogP contribution in [0.5, 0.6) is 5.75 Å². The number of piperidine rings is 1. The van der Waals surface area contributed by atoms with Crippen LogP contribution in [0.15, 0.2) is 23.3 Å². The van der Waals surface area contributed by atoms with Crippen molar-refractivity contribution in [3.63, 3.8) is 0 Å². The predicted molar refractivity (Wildman–Crippen MR) is 80.8 cm³/mol. The molecule has 0 radical (unpaired) electrons. The van der Waals surface area contributed by atoms with E-state index in [1.807, 2.05) is 0 Å². The third-order valence-corrected chi connectivity index (χ3v) is 3.72. The summed E-state index contributed by atoms with van der Waals surface area (Å²) < 4.78 is 5.74. The number of nitrogens with zero attached hydrogens (tertiary/aromatic N) is 3. The van der Waals surface area contributed by atoms with Crippen molar-refractivity contribution in [2.75, 3.05) is 29.9 Å². The Bertz CT molecular complexity index is 545. The number of hydrogen-bond donors (Lipinski definition) is 2. The van der Waals surface area contributed by atoms with Gasteiger partial charge in [0, 0.05) is 6.07 Å². The Balaban J connectivity index is 1.71. The van der Waals surface area contributed by atoms with E-state index in [4.69, 9.17) is 10.5 Å². The number of anilines is 2. The van der Waals surface area contributed by atoms with Gasteiger partial charge >= 0.3 is 0 Å². The molecule has 3 rings (SSSR count). The van der Waals surface area contributed by atoms with Crippen LogP contribution < -0.4 is 26.0 Å². The lowest BCUT2D eigenvalue weighted by Crippen LogP contribution is -2.38. The first-order valence-electron chi connectivity index (χ1n) is 6.91. The standard InChI is InChI=1S/C13H17N5O3/c14-13-16-18(20)11-2-1-10(7-12(11)17(13)19)21-8-9-3-5-15-6-4-9/h1-2,7,9,15H,3-6,8H2,(H2,14,16)/q-2. The summed E-state index contributed by atoms with van der Waals surface area (Å²) in [5, 5.41) is 30.9. The molecule has 8 heteroatoms. The zero-order valence-electron chi connectivity index (χ0n) is 11.5. The van der Waals surface area contributed by atoms with Gasteiger partial charge in [0.05, 0.1) is 18.0 Å². The van der Waals surface area contributed by atoms with Crippen molar-refractivity contribution in [1.29, 1.82) is 0 Å². The van der Waals surface area contributed by atoms with E-state index in [1.165, 1.54) is 12.1 Å². The van der Waals surface area contributed by atoms with Crippen LogP contribution in [0.3, 0.4) is 0 Å². The molecule has 8 nitrogen and oxygen atoms in total. The summed E-state index contributed by atoms with van der Waals surface area (Å²) in [6, 6.07) is 4.70. The number of hydrazone groups is 1. The number of nitrogens with two attached hydrogens (primary N) is 1. The zero-order valence-corrected chi connectivity index (χ0v) is 11.5. The molecule has 0 saturated carbocycles. The van der Waals surface area contributed by atoms with Gasteiger partial charge in [0.2, 0.25) is 5.96 Å². The number of guanidine groups is 1. The van der Waals surface area contributed by atoms with Gasteiger partial charge in [-0.05, 0) is 44.0 Å². The van der Waals surface area contributed by atoms with E-state index < -0.39 is 0 Å². The lowest BCUT2D eigenvalue weighted by Gasteiger charge is -2.41. The molecule has 0 atom stereocenters. The number of ether oxygens (including phenoxy) is 1. The second kappa shape index (κ2) is 5.76. The zero-order chi connectivity index (χ0) is 14.8. The number of benzene rings is 1.